The van der Waals surface area contributed by atoms with E-state index in [0.717, 1.165) is 31.1 Å². The van der Waals surface area contributed by atoms with Crippen LogP contribution in [0.15, 0.2) is 18.2 Å². The quantitative estimate of drug-likeness (QED) is 0.680. The minimum absolute atomic E-state index is 0.0164. The Kier molecular flexibility index (Phi) is 2.64. The van der Waals surface area contributed by atoms with Crippen LogP contribution in [0, 0.1) is 24.2 Å². The Balaban J connectivity index is 1.74. The van der Waals surface area contributed by atoms with Crippen molar-refractivity contribution < 1.29 is 4.79 Å². The SMILES string of the molecule is Cc1ccc2c(c1)C1CCC3(C)C(=O)CCC3C1CC2. The molecular weight excluding hydrogens is 244 g/mol. The van der Waals surface area contributed by atoms with Crippen molar-refractivity contribution in [3.63, 3.8) is 0 Å². The van der Waals surface area contributed by atoms with Gasteiger partial charge in [0.05, 0.1) is 0 Å². The van der Waals surface area contributed by atoms with Crippen molar-refractivity contribution in [1.29, 1.82) is 0 Å². The third kappa shape index (κ3) is 1.58. The van der Waals surface area contributed by atoms with Crippen molar-refractivity contribution in [2.24, 2.45) is 17.3 Å². The third-order valence-electron chi connectivity index (χ3n) is 6.59. The number of hydrogen-bond donors (Lipinski definition) is 0. The number of Topliss-reactive ketones (excluding diaryl/α,β-unsaturated/α-hetero) is 1. The van der Waals surface area contributed by atoms with Crippen molar-refractivity contribution in [2.75, 3.05) is 0 Å². The van der Waals surface area contributed by atoms with Crippen LogP contribution in [0.4, 0.5) is 0 Å². The van der Waals surface area contributed by atoms with Crippen molar-refractivity contribution in [2.45, 2.75) is 58.3 Å². The van der Waals surface area contributed by atoms with E-state index in [1.165, 1.54) is 24.8 Å². The van der Waals surface area contributed by atoms with Crippen LogP contribution < -0.4 is 0 Å². The average molecular weight is 268 g/mol. The van der Waals surface area contributed by atoms with Gasteiger partial charge in [0, 0.05) is 11.8 Å². The summed E-state index contributed by atoms with van der Waals surface area (Å²) < 4.78 is 0. The van der Waals surface area contributed by atoms with Gasteiger partial charge in [0.25, 0.3) is 0 Å². The predicted molar refractivity (Wildman–Crippen MR) is 80.8 cm³/mol. The maximum Gasteiger partial charge on any atom is 0.139 e. The molecule has 0 saturated heterocycles. The average Bonchev–Trinajstić information content (AvgIpc) is 2.74. The van der Waals surface area contributed by atoms with Gasteiger partial charge in [-0.15, -0.1) is 0 Å². The van der Waals surface area contributed by atoms with Crippen molar-refractivity contribution in [3.8, 4) is 0 Å². The number of carbonyl (C=O) groups is 1. The van der Waals surface area contributed by atoms with Crippen LogP contribution in [-0.2, 0) is 11.2 Å². The molecule has 1 heteroatoms. The molecule has 2 saturated carbocycles. The van der Waals surface area contributed by atoms with Crippen LogP contribution in [0.3, 0.4) is 0 Å². The molecule has 3 aliphatic rings. The first-order valence-electron chi connectivity index (χ1n) is 8.22. The zero-order valence-corrected chi connectivity index (χ0v) is 12.6. The van der Waals surface area contributed by atoms with E-state index in [4.69, 9.17) is 0 Å². The first kappa shape index (κ1) is 12.6. The smallest absolute Gasteiger partial charge is 0.139 e. The van der Waals surface area contributed by atoms with Gasteiger partial charge in [-0.1, -0.05) is 30.7 Å². The molecule has 0 heterocycles. The highest BCUT2D eigenvalue weighted by molar-refractivity contribution is 5.87. The molecule has 1 aromatic rings. The maximum atomic E-state index is 12.3. The molecule has 0 amide bonds. The molecule has 1 aromatic carbocycles. The molecule has 0 bridgehead atoms. The van der Waals surface area contributed by atoms with Crippen LogP contribution in [0.5, 0.6) is 0 Å². The van der Waals surface area contributed by atoms with E-state index < -0.39 is 0 Å². The minimum atomic E-state index is 0.0164. The van der Waals surface area contributed by atoms with Gasteiger partial charge < -0.3 is 0 Å². The predicted octanol–water partition coefficient (Wildman–Crippen LogP) is 4.42. The second-order valence-corrected chi connectivity index (χ2v) is 7.54. The zero-order chi connectivity index (χ0) is 13.9. The highest BCUT2D eigenvalue weighted by atomic mass is 16.1. The summed E-state index contributed by atoms with van der Waals surface area (Å²) in [6.45, 7) is 4.46. The highest BCUT2D eigenvalue weighted by Crippen LogP contribution is 2.59. The molecular formula is C19H24O. The Labute approximate surface area is 121 Å². The standard InChI is InChI=1S/C19H24O/c1-12-3-4-13-5-6-15-14(16(13)11-12)9-10-19(2)17(15)7-8-18(19)20/h3-4,11,14-15,17H,5-10H2,1-2H3. The van der Waals surface area contributed by atoms with Gasteiger partial charge in [-0.2, -0.15) is 0 Å². The number of ketones is 1. The number of fused-ring (bicyclic) bond motifs is 5. The highest BCUT2D eigenvalue weighted by Gasteiger charge is 2.54. The Hall–Kier alpha value is -1.11. The van der Waals surface area contributed by atoms with Gasteiger partial charge in [0.15, 0.2) is 0 Å². The fraction of sp³-hybridized carbons (Fsp3) is 0.632. The number of hydrogen-bond acceptors (Lipinski definition) is 1. The Bertz CT molecular complexity index is 573. The summed E-state index contributed by atoms with van der Waals surface area (Å²) in [5.74, 6) is 2.69. The molecule has 3 aliphatic carbocycles. The van der Waals surface area contributed by atoms with E-state index in [1.54, 1.807) is 11.1 Å². The molecule has 0 radical (unpaired) electrons. The van der Waals surface area contributed by atoms with E-state index in [1.807, 2.05) is 0 Å². The molecule has 0 aromatic heterocycles. The summed E-state index contributed by atoms with van der Waals surface area (Å²) in [7, 11) is 0. The molecule has 4 atom stereocenters. The van der Waals surface area contributed by atoms with Crippen molar-refractivity contribution in [1.82, 2.24) is 0 Å². The Morgan fingerprint density at radius 1 is 1.15 bits per heavy atom. The van der Waals surface area contributed by atoms with Crippen LogP contribution in [0.25, 0.3) is 0 Å². The van der Waals surface area contributed by atoms with Gasteiger partial charge >= 0.3 is 0 Å². The fourth-order valence-electron chi connectivity index (χ4n) is 5.46. The molecule has 106 valence electrons. The minimum Gasteiger partial charge on any atom is -0.299 e. The molecule has 0 aliphatic heterocycles. The van der Waals surface area contributed by atoms with E-state index in [-0.39, 0.29) is 5.41 Å². The zero-order valence-electron chi connectivity index (χ0n) is 12.6. The lowest BCUT2D eigenvalue weighted by molar-refractivity contribution is -0.129. The summed E-state index contributed by atoms with van der Waals surface area (Å²) in [4.78, 5) is 12.3. The molecule has 20 heavy (non-hydrogen) atoms. The number of aryl methyl sites for hydroxylation is 2. The van der Waals surface area contributed by atoms with Gasteiger partial charge in [-0.25, -0.2) is 0 Å². The second-order valence-electron chi connectivity index (χ2n) is 7.54. The van der Waals surface area contributed by atoms with Crippen LogP contribution in [-0.4, -0.2) is 5.78 Å². The topological polar surface area (TPSA) is 17.1 Å². The maximum absolute atomic E-state index is 12.3. The molecule has 4 rings (SSSR count). The van der Waals surface area contributed by atoms with E-state index >= 15 is 0 Å². The summed E-state index contributed by atoms with van der Waals surface area (Å²) in [6.07, 6.45) is 6.85. The van der Waals surface area contributed by atoms with Gasteiger partial charge in [-0.05, 0) is 67.9 Å². The largest absolute Gasteiger partial charge is 0.299 e. The fourth-order valence-corrected chi connectivity index (χ4v) is 5.46. The summed E-state index contributed by atoms with van der Waals surface area (Å²) in [5, 5.41) is 0. The van der Waals surface area contributed by atoms with E-state index in [2.05, 4.69) is 32.0 Å². The van der Waals surface area contributed by atoms with Crippen LogP contribution in [0.2, 0.25) is 0 Å². The molecule has 2 fully saturated rings. The first-order chi connectivity index (χ1) is 9.59. The molecule has 0 N–H and O–H groups in total. The Morgan fingerprint density at radius 3 is 2.85 bits per heavy atom. The third-order valence-corrected chi connectivity index (χ3v) is 6.59. The summed E-state index contributed by atoms with van der Waals surface area (Å²) in [5.41, 5.74) is 4.59. The lowest BCUT2D eigenvalue weighted by Crippen LogP contribution is -2.42. The summed E-state index contributed by atoms with van der Waals surface area (Å²) in [6, 6.07) is 7.02. The first-order valence-corrected chi connectivity index (χ1v) is 8.22. The number of carbonyl (C=O) groups excluding carboxylic acids is 1. The van der Waals surface area contributed by atoms with Crippen LogP contribution >= 0.6 is 0 Å². The Morgan fingerprint density at radius 2 is 2.00 bits per heavy atom. The molecule has 0 spiro atoms. The van der Waals surface area contributed by atoms with Gasteiger partial charge in [0.2, 0.25) is 0 Å². The number of rotatable bonds is 0. The lowest BCUT2D eigenvalue weighted by atomic mass is 9.55. The molecule has 1 nitrogen and oxygen atoms in total. The van der Waals surface area contributed by atoms with Gasteiger partial charge in [0.1, 0.15) is 5.78 Å². The van der Waals surface area contributed by atoms with Crippen molar-refractivity contribution >= 4 is 5.78 Å². The van der Waals surface area contributed by atoms with Gasteiger partial charge in [-0.3, -0.25) is 4.79 Å². The normalized spacial score (nSPS) is 39.1. The lowest BCUT2D eigenvalue weighted by Gasteiger charge is -2.48. The second kappa shape index (κ2) is 4.19. The van der Waals surface area contributed by atoms with Crippen LogP contribution in [0.1, 0.15) is 61.6 Å². The number of benzene rings is 1. The monoisotopic (exact) mass is 268 g/mol. The van der Waals surface area contributed by atoms with E-state index in [9.17, 15) is 4.79 Å². The summed E-state index contributed by atoms with van der Waals surface area (Å²) >= 11 is 0. The van der Waals surface area contributed by atoms with Crippen molar-refractivity contribution in [3.05, 3.63) is 34.9 Å². The molecule has 4 unspecified atom stereocenters. The van der Waals surface area contributed by atoms with E-state index in [0.29, 0.717) is 11.7 Å².